The van der Waals surface area contributed by atoms with Crippen LogP contribution in [0.4, 0.5) is 15.6 Å². The van der Waals surface area contributed by atoms with Crippen molar-refractivity contribution in [2.75, 3.05) is 51.8 Å². The SMILES string of the molecule is CCN(CC)CCN(CC)C(=O)Oc1csc(N(C(=O)c2ccc(Cl)cc2Cl)c2ccc(OC)c(OC)c2)n1. The Morgan fingerprint density at radius 2 is 1.64 bits per heavy atom. The van der Waals surface area contributed by atoms with Gasteiger partial charge in [-0.15, -0.1) is 11.3 Å². The summed E-state index contributed by atoms with van der Waals surface area (Å²) in [6, 6.07) is 9.66. The number of methoxy groups -OCH3 is 2. The first-order chi connectivity index (χ1) is 18.8. The standard InChI is InChI=1S/C27H32Cl2N4O5S/c1-6-31(7-2)13-14-32(8-3)27(35)38-24-17-39-26(30-24)33(19-10-12-22(36-4)23(16-19)37-5)25(34)20-11-9-18(28)15-21(20)29/h9-12,15-17H,6-8,13-14H2,1-5H3. The van der Waals surface area contributed by atoms with Gasteiger partial charge in [-0.25, -0.2) is 4.79 Å². The molecule has 0 unspecified atom stereocenters. The molecule has 0 N–H and O–H groups in total. The van der Waals surface area contributed by atoms with E-state index in [2.05, 4.69) is 23.7 Å². The molecular weight excluding hydrogens is 563 g/mol. The van der Waals surface area contributed by atoms with Crippen molar-refractivity contribution in [3.63, 3.8) is 0 Å². The van der Waals surface area contributed by atoms with Crippen molar-refractivity contribution >= 4 is 57.4 Å². The molecule has 0 aliphatic carbocycles. The number of nitrogens with zero attached hydrogens (tertiary/aromatic N) is 4. The van der Waals surface area contributed by atoms with Gasteiger partial charge in [0.2, 0.25) is 11.0 Å². The number of hydrogen-bond acceptors (Lipinski definition) is 8. The predicted octanol–water partition coefficient (Wildman–Crippen LogP) is 6.61. The quantitative estimate of drug-likeness (QED) is 0.233. The maximum absolute atomic E-state index is 13.8. The number of thiazole rings is 1. The van der Waals surface area contributed by atoms with Crippen LogP contribution in [0.3, 0.4) is 0 Å². The number of carbonyl (C=O) groups is 2. The fourth-order valence-corrected chi connectivity index (χ4v) is 5.03. The van der Waals surface area contributed by atoms with E-state index < -0.39 is 12.0 Å². The Labute approximate surface area is 242 Å². The van der Waals surface area contributed by atoms with Crippen LogP contribution in [-0.4, -0.2) is 73.7 Å². The number of benzene rings is 2. The van der Waals surface area contributed by atoms with Crippen LogP contribution in [0.1, 0.15) is 31.1 Å². The zero-order chi connectivity index (χ0) is 28.5. The van der Waals surface area contributed by atoms with Gasteiger partial charge in [-0.05, 0) is 50.3 Å². The zero-order valence-electron chi connectivity index (χ0n) is 22.6. The number of rotatable bonds is 12. The first-order valence-electron chi connectivity index (χ1n) is 12.4. The molecule has 0 atom stereocenters. The second-order valence-corrected chi connectivity index (χ2v) is 9.93. The molecule has 0 saturated carbocycles. The average Bonchev–Trinajstić information content (AvgIpc) is 3.38. The van der Waals surface area contributed by atoms with Crippen molar-refractivity contribution in [1.29, 1.82) is 0 Å². The Bertz CT molecular complexity index is 1280. The first-order valence-corrected chi connectivity index (χ1v) is 14.1. The van der Waals surface area contributed by atoms with E-state index in [1.54, 1.807) is 40.6 Å². The highest BCUT2D eigenvalue weighted by Gasteiger charge is 2.27. The monoisotopic (exact) mass is 594 g/mol. The van der Waals surface area contributed by atoms with E-state index >= 15 is 0 Å². The minimum absolute atomic E-state index is 0.0850. The Kier molecular flexibility index (Phi) is 11.2. The van der Waals surface area contributed by atoms with E-state index in [0.717, 1.165) is 31.0 Å². The third kappa shape index (κ3) is 7.54. The normalized spacial score (nSPS) is 10.9. The van der Waals surface area contributed by atoms with E-state index in [-0.39, 0.29) is 21.6 Å². The molecule has 39 heavy (non-hydrogen) atoms. The van der Waals surface area contributed by atoms with Gasteiger partial charge in [-0.3, -0.25) is 9.69 Å². The number of carbonyl (C=O) groups excluding carboxylic acids is 2. The van der Waals surface area contributed by atoms with Crippen LogP contribution in [0.25, 0.3) is 0 Å². The second kappa shape index (κ2) is 14.4. The van der Waals surface area contributed by atoms with Crippen molar-refractivity contribution in [1.82, 2.24) is 14.8 Å². The number of hydrogen-bond donors (Lipinski definition) is 0. The van der Waals surface area contributed by atoms with Crippen LogP contribution < -0.4 is 19.1 Å². The summed E-state index contributed by atoms with van der Waals surface area (Å²) in [5.74, 6) is 0.550. The lowest BCUT2D eigenvalue weighted by Crippen LogP contribution is -2.40. The third-order valence-corrected chi connectivity index (χ3v) is 7.42. The second-order valence-electron chi connectivity index (χ2n) is 8.25. The van der Waals surface area contributed by atoms with Crippen molar-refractivity contribution in [3.8, 4) is 17.4 Å². The molecule has 0 saturated heterocycles. The molecule has 9 nitrogen and oxygen atoms in total. The molecule has 1 aromatic heterocycles. The Morgan fingerprint density at radius 1 is 0.923 bits per heavy atom. The van der Waals surface area contributed by atoms with Gasteiger partial charge in [0.25, 0.3) is 5.91 Å². The van der Waals surface area contributed by atoms with Gasteiger partial charge in [0.1, 0.15) is 0 Å². The van der Waals surface area contributed by atoms with Crippen LogP contribution in [-0.2, 0) is 0 Å². The fourth-order valence-electron chi connectivity index (χ4n) is 3.80. The van der Waals surface area contributed by atoms with E-state index in [1.807, 2.05) is 6.92 Å². The summed E-state index contributed by atoms with van der Waals surface area (Å²) >= 11 is 13.6. The van der Waals surface area contributed by atoms with Crippen LogP contribution in [0.5, 0.6) is 17.4 Å². The van der Waals surface area contributed by atoms with Crippen molar-refractivity contribution in [2.45, 2.75) is 20.8 Å². The fraction of sp³-hybridized carbons (Fsp3) is 0.370. The minimum atomic E-state index is -0.508. The topological polar surface area (TPSA) is 84.4 Å². The molecular formula is C27H32Cl2N4O5S. The molecule has 210 valence electrons. The molecule has 0 aliphatic rings. The average molecular weight is 596 g/mol. The number of ether oxygens (including phenoxy) is 3. The summed E-state index contributed by atoms with van der Waals surface area (Å²) in [5, 5.41) is 2.44. The predicted molar refractivity (Wildman–Crippen MR) is 156 cm³/mol. The molecule has 0 radical (unpaired) electrons. The van der Waals surface area contributed by atoms with Gasteiger partial charge in [-0.1, -0.05) is 37.0 Å². The van der Waals surface area contributed by atoms with Gasteiger partial charge in [0, 0.05) is 30.7 Å². The van der Waals surface area contributed by atoms with Gasteiger partial charge >= 0.3 is 6.09 Å². The molecule has 2 aromatic carbocycles. The van der Waals surface area contributed by atoms with Crippen molar-refractivity contribution in [3.05, 3.63) is 57.4 Å². The molecule has 1 heterocycles. The van der Waals surface area contributed by atoms with Gasteiger partial charge < -0.3 is 24.0 Å². The van der Waals surface area contributed by atoms with Crippen molar-refractivity contribution in [2.24, 2.45) is 0 Å². The van der Waals surface area contributed by atoms with E-state index in [4.69, 9.17) is 37.4 Å². The summed E-state index contributed by atoms with van der Waals surface area (Å²) < 4.78 is 16.4. The highest BCUT2D eigenvalue weighted by atomic mass is 35.5. The molecule has 3 rings (SSSR count). The van der Waals surface area contributed by atoms with Gasteiger partial charge in [0.05, 0.1) is 35.9 Å². The lowest BCUT2D eigenvalue weighted by Gasteiger charge is -2.24. The minimum Gasteiger partial charge on any atom is -0.493 e. The maximum atomic E-state index is 13.8. The number of aromatic nitrogens is 1. The molecule has 2 amide bonds. The first kappa shape index (κ1) is 30.5. The highest BCUT2D eigenvalue weighted by molar-refractivity contribution is 7.14. The summed E-state index contributed by atoms with van der Waals surface area (Å²) in [6.45, 7) is 9.61. The molecule has 0 spiro atoms. The third-order valence-electron chi connectivity index (χ3n) is 6.06. The number of anilines is 2. The number of halogens is 2. The van der Waals surface area contributed by atoms with Crippen LogP contribution in [0, 0.1) is 0 Å². The van der Waals surface area contributed by atoms with Crippen LogP contribution >= 0.6 is 34.5 Å². The van der Waals surface area contributed by atoms with E-state index in [1.165, 1.54) is 25.2 Å². The lowest BCUT2D eigenvalue weighted by atomic mass is 10.1. The highest BCUT2D eigenvalue weighted by Crippen LogP contribution is 2.38. The van der Waals surface area contributed by atoms with Gasteiger partial charge in [-0.2, -0.15) is 4.98 Å². The smallest absolute Gasteiger partial charge is 0.416 e. The maximum Gasteiger partial charge on any atom is 0.416 e. The molecule has 0 fully saturated rings. The van der Waals surface area contributed by atoms with E-state index in [9.17, 15) is 9.59 Å². The summed E-state index contributed by atoms with van der Waals surface area (Å²) in [4.78, 5) is 36.4. The van der Waals surface area contributed by atoms with E-state index in [0.29, 0.717) is 35.3 Å². The van der Waals surface area contributed by atoms with Crippen LogP contribution in [0.2, 0.25) is 10.0 Å². The summed E-state index contributed by atoms with van der Waals surface area (Å²) in [5.41, 5.74) is 0.670. The zero-order valence-corrected chi connectivity index (χ0v) is 24.9. The molecule has 12 heteroatoms. The largest absolute Gasteiger partial charge is 0.493 e. The van der Waals surface area contributed by atoms with Crippen LogP contribution in [0.15, 0.2) is 41.8 Å². The summed E-state index contributed by atoms with van der Waals surface area (Å²) in [6.07, 6.45) is -0.508. The van der Waals surface area contributed by atoms with Gasteiger partial charge in [0.15, 0.2) is 11.5 Å². The Hall–Kier alpha value is -3.05. The molecule has 0 aliphatic heterocycles. The molecule has 3 aromatic rings. The number of likely N-dealkylation sites (N-methyl/N-ethyl adjacent to an activating group) is 2. The summed E-state index contributed by atoms with van der Waals surface area (Å²) in [7, 11) is 3.03. The lowest BCUT2D eigenvalue weighted by molar-refractivity contribution is 0.0999. The van der Waals surface area contributed by atoms with Crippen molar-refractivity contribution < 1.29 is 23.8 Å². The number of amides is 2. The Balaban J connectivity index is 1.93. The Morgan fingerprint density at radius 3 is 2.26 bits per heavy atom. The molecule has 0 bridgehead atoms.